The van der Waals surface area contributed by atoms with Crippen LogP contribution in [0.4, 0.5) is 0 Å². The van der Waals surface area contributed by atoms with Gasteiger partial charge in [-0.1, -0.05) is 65.4 Å². The van der Waals surface area contributed by atoms with Crippen LogP contribution in [0.2, 0.25) is 5.02 Å². The van der Waals surface area contributed by atoms with Crippen LogP contribution < -0.4 is 29.1 Å². The molecule has 0 saturated heterocycles. The Morgan fingerprint density at radius 3 is 2.34 bits per heavy atom. The third-order valence-electron chi connectivity index (χ3n) is 6.57. The molecule has 1 aliphatic heterocycles. The van der Waals surface area contributed by atoms with Crippen LogP contribution in [0, 0.1) is 0 Å². The van der Waals surface area contributed by atoms with Crippen LogP contribution in [0.1, 0.15) is 29.7 Å². The van der Waals surface area contributed by atoms with E-state index in [4.69, 9.17) is 35.5 Å². The molecule has 210 valence electrons. The molecule has 0 N–H and O–H groups in total. The number of aromatic nitrogens is 1. The summed E-state index contributed by atoms with van der Waals surface area (Å²) in [5, 5.41) is 0.424. The third kappa shape index (κ3) is 5.38. The topological polar surface area (TPSA) is 88.4 Å². The number of carbonyl (C=O) groups excluding carboxylic acids is 1. The minimum absolute atomic E-state index is 0.158. The summed E-state index contributed by atoms with van der Waals surface area (Å²) in [7, 11) is 4.62. The number of fused-ring (bicyclic) bond motifs is 1. The molecule has 10 heteroatoms. The van der Waals surface area contributed by atoms with E-state index in [-0.39, 0.29) is 17.7 Å². The van der Waals surface area contributed by atoms with Gasteiger partial charge in [0.25, 0.3) is 5.56 Å². The molecule has 3 aromatic carbocycles. The number of hydrogen-bond donors (Lipinski definition) is 0. The molecule has 0 fully saturated rings. The minimum atomic E-state index is -0.845. The monoisotopic (exact) mass is 590 g/mol. The second-order valence-electron chi connectivity index (χ2n) is 8.94. The number of methoxy groups -OCH3 is 3. The Hall–Kier alpha value is -4.34. The first-order chi connectivity index (χ1) is 19.9. The highest BCUT2D eigenvalue weighted by Gasteiger charge is 2.35. The number of thiazole rings is 1. The van der Waals surface area contributed by atoms with Gasteiger partial charge in [-0.2, -0.15) is 0 Å². The molecule has 2 heterocycles. The zero-order valence-corrected chi connectivity index (χ0v) is 24.4. The Morgan fingerprint density at radius 1 is 0.976 bits per heavy atom. The Balaban J connectivity index is 1.82. The zero-order chi connectivity index (χ0) is 29.1. The first-order valence-electron chi connectivity index (χ1n) is 12.7. The van der Waals surface area contributed by atoms with E-state index in [0.29, 0.717) is 42.9 Å². The molecule has 0 radical (unpaired) electrons. The van der Waals surface area contributed by atoms with Gasteiger partial charge in [0.1, 0.15) is 5.75 Å². The molecule has 0 spiro atoms. The van der Waals surface area contributed by atoms with Crippen molar-refractivity contribution in [2.45, 2.75) is 13.0 Å². The molecule has 0 saturated carbocycles. The van der Waals surface area contributed by atoms with Crippen LogP contribution >= 0.6 is 22.9 Å². The van der Waals surface area contributed by atoms with E-state index in [1.54, 1.807) is 57.6 Å². The second kappa shape index (κ2) is 12.0. The molecule has 1 aliphatic rings. The zero-order valence-electron chi connectivity index (χ0n) is 22.8. The van der Waals surface area contributed by atoms with Crippen molar-refractivity contribution in [3.63, 3.8) is 0 Å². The molecule has 1 unspecified atom stereocenters. The molecule has 8 nitrogen and oxygen atoms in total. The molecule has 0 bridgehead atoms. The molecule has 0 amide bonds. The maximum Gasteiger partial charge on any atom is 0.338 e. The fraction of sp³-hybridized carbons (Fsp3) is 0.194. The van der Waals surface area contributed by atoms with E-state index in [0.717, 1.165) is 11.1 Å². The summed E-state index contributed by atoms with van der Waals surface area (Å²) < 4.78 is 23.7. The molecule has 0 aliphatic carbocycles. The van der Waals surface area contributed by atoms with Crippen LogP contribution in [0.15, 0.2) is 82.1 Å². The van der Waals surface area contributed by atoms with E-state index in [1.165, 1.54) is 23.0 Å². The molecule has 5 rings (SSSR count). The number of halogens is 1. The fourth-order valence-corrected chi connectivity index (χ4v) is 5.97. The van der Waals surface area contributed by atoms with Crippen molar-refractivity contribution in [1.29, 1.82) is 0 Å². The van der Waals surface area contributed by atoms with E-state index in [1.807, 2.05) is 36.4 Å². The van der Waals surface area contributed by atoms with Crippen LogP contribution in [-0.2, 0) is 9.53 Å². The molecule has 41 heavy (non-hydrogen) atoms. The van der Waals surface area contributed by atoms with Crippen molar-refractivity contribution < 1.29 is 23.7 Å². The Labute approximate surface area is 245 Å². The number of carbonyl (C=O) groups is 1. The molecular formula is C31H27ClN2O6S. The summed E-state index contributed by atoms with van der Waals surface area (Å²) in [6.45, 7) is 1.90. The van der Waals surface area contributed by atoms with Crippen molar-refractivity contribution in [3.8, 4) is 17.2 Å². The highest BCUT2D eigenvalue weighted by atomic mass is 35.5. The largest absolute Gasteiger partial charge is 0.495 e. The lowest BCUT2D eigenvalue weighted by Gasteiger charge is -2.26. The van der Waals surface area contributed by atoms with Gasteiger partial charge in [-0.05, 0) is 48.4 Å². The number of nitrogens with zero attached hydrogens (tertiary/aromatic N) is 2. The van der Waals surface area contributed by atoms with E-state index < -0.39 is 12.0 Å². The Morgan fingerprint density at radius 2 is 1.68 bits per heavy atom. The first-order valence-corrected chi connectivity index (χ1v) is 13.9. The van der Waals surface area contributed by atoms with Gasteiger partial charge in [0, 0.05) is 5.56 Å². The maximum atomic E-state index is 14.1. The summed E-state index contributed by atoms with van der Waals surface area (Å²) in [6.07, 6.45) is 1.75. The number of rotatable bonds is 8. The average molecular weight is 591 g/mol. The Bertz CT molecular complexity index is 1830. The summed E-state index contributed by atoms with van der Waals surface area (Å²) in [5.74, 6) is 0.947. The molecule has 1 aromatic heterocycles. The van der Waals surface area contributed by atoms with Crippen LogP contribution in [-0.4, -0.2) is 38.5 Å². The van der Waals surface area contributed by atoms with Gasteiger partial charge in [0.15, 0.2) is 16.3 Å². The van der Waals surface area contributed by atoms with E-state index in [2.05, 4.69) is 0 Å². The van der Waals surface area contributed by atoms with Crippen LogP contribution in [0.3, 0.4) is 0 Å². The van der Waals surface area contributed by atoms with Gasteiger partial charge < -0.3 is 18.9 Å². The van der Waals surface area contributed by atoms with Gasteiger partial charge in [-0.3, -0.25) is 9.36 Å². The SMILES string of the molecule is CCOC(=O)C1=C(c2ccccc2)N=c2sc(=Cc3ccc(OC)c(Cl)c3)c(=O)n2C1c1ccc(OC)c(OC)c1. The quantitative estimate of drug-likeness (QED) is 0.278. The lowest BCUT2D eigenvalue weighted by molar-refractivity contribution is -0.138. The fourth-order valence-electron chi connectivity index (χ4n) is 4.70. The van der Waals surface area contributed by atoms with Gasteiger partial charge in [-0.15, -0.1) is 0 Å². The number of benzene rings is 3. The van der Waals surface area contributed by atoms with Crippen LogP contribution in [0.25, 0.3) is 11.8 Å². The maximum absolute atomic E-state index is 14.1. The van der Waals surface area contributed by atoms with Gasteiger partial charge in [0.2, 0.25) is 0 Å². The lowest BCUT2D eigenvalue weighted by Crippen LogP contribution is -2.40. The summed E-state index contributed by atoms with van der Waals surface area (Å²) in [4.78, 5) is 33.0. The standard InChI is InChI=1S/C31H27ClN2O6S/c1-5-40-30(36)26-27(19-9-7-6-8-10-19)33-31-34(28(26)20-12-14-23(38-3)24(17-20)39-4)29(35)25(41-31)16-18-11-13-22(37-2)21(32)15-18/h6-17,28H,5H2,1-4H3. The van der Waals surface area contributed by atoms with Crippen molar-refractivity contribution in [2.24, 2.45) is 4.99 Å². The summed E-state index contributed by atoms with van der Waals surface area (Å²) in [6, 6.07) is 19.1. The first kappa shape index (κ1) is 28.2. The smallest absolute Gasteiger partial charge is 0.338 e. The van der Waals surface area contributed by atoms with Crippen molar-refractivity contribution >= 4 is 40.7 Å². The molecular weight excluding hydrogens is 564 g/mol. The second-order valence-corrected chi connectivity index (χ2v) is 10.4. The van der Waals surface area contributed by atoms with Crippen LogP contribution in [0.5, 0.6) is 17.2 Å². The third-order valence-corrected chi connectivity index (χ3v) is 7.85. The average Bonchev–Trinajstić information content (AvgIpc) is 3.30. The predicted octanol–water partition coefficient (Wildman–Crippen LogP) is 4.61. The van der Waals surface area contributed by atoms with Crippen molar-refractivity contribution in [1.82, 2.24) is 4.57 Å². The number of esters is 1. The predicted molar refractivity (Wildman–Crippen MR) is 159 cm³/mol. The minimum Gasteiger partial charge on any atom is -0.495 e. The van der Waals surface area contributed by atoms with Crippen molar-refractivity contribution in [3.05, 3.63) is 114 Å². The van der Waals surface area contributed by atoms with Gasteiger partial charge in [-0.25, -0.2) is 9.79 Å². The normalized spacial score (nSPS) is 14.8. The highest BCUT2D eigenvalue weighted by molar-refractivity contribution is 7.07. The lowest BCUT2D eigenvalue weighted by atomic mass is 9.93. The van der Waals surface area contributed by atoms with Crippen molar-refractivity contribution in [2.75, 3.05) is 27.9 Å². The Kier molecular flexibility index (Phi) is 8.28. The van der Waals surface area contributed by atoms with Gasteiger partial charge >= 0.3 is 5.97 Å². The highest BCUT2D eigenvalue weighted by Crippen LogP contribution is 2.38. The number of ether oxygens (including phenoxy) is 4. The number of hydrogen-bond acceptors (Lipinski definition) is 8. The molecule has 1 atom stereocenters. The van der Waals surface area contributed by atoms with Gasteiger partial charge in [0.05, 0.1) is 54.8 Å². The summed E-state index contributed by atoms with van der Waals surface area (Å²) in [5.41, 5.74) is 2.45. The van der Waals surface area contributed by atoms with E-state index in [9.17, 15) is 9.59 Å². The summed E-state index contributed by atoms with van der Waals surface area (Å²) >= 11 is 7.57. The molecule has 4 aromatic rings. The van der Waals surface area contributed by atoms with E-state index >= 15 is 0 Å².